The Morgan fingerprint density at radius 3 is 2.32 bits per heavy atom. The van der Waals surface area contributed by atoms with Gasteiger partial charge in [0.15, 0.2) is 0 Å². The van der Waals surface area contributed by atoms with Crippen molar-refractivity contribution < 1.29 is 18.4 Å². The molecule has 1 aromatic heterocycles. The molecular weight excluding hydrogens is 312 g/mol. The summed E-state index contributed by atoms with van der Waals surface area (Å²) in [4.78, 5) is 24.0. The number of hydrazine groups is 1. The van der Waals surface area contributed by atoms with Gasteiger partial charge in [-0.2, -0.15) is 0 Å². The highest BCUT2D eigenvalue weighted by atomic mass is 32.1. The third-order valence-corrected chi connectivity index (χ3v) is 3.48. The number of rotatable bonds is 4. The van der Waals surface area contributed by atoms with E-state index in [1.807, 2.05) is 0 Å². The van der Waals surface area contributed by atoms with Gasteiger partial charge in [-0.3, -0.25) is 15.0 Å². The predicted molar refractivity (Wildman–Crippen MR) is 79.8 cm³/mol. The summed E-state index contributed by atoms with van der Waals surface area (Å²) in [6.45, 7) is 0. The Morgan fingerprint density at radius 1 is 1.09 bits per heavy atom. The lowest BCUT2D eigenvalue weighted by molar-refractivity contribution is 0.0858. The highest BCUT2D eigenvalue weighted by molar-refractivity contribution is 7.14. The average Bonchev–Trinajstić information content (AvgIpc) is 2.85. The van der Waals surface area contributed by atoms with Crippen molar-refractivity contribution in [3.8, 4) is 0 Å². The number of thiophene rings is 1. The molecule has 8 heteroatoms. The predicted octanol–water partition coefficient (Wildman–Crippen LogP) is 2.49. The van der Waals surface area contributed by atoms with Gasteiger partial charge in [-0.05, 0) is 23.6 Å². The minimum absolute atomic E-state index is 0.212. The molecule has 0 saturated carbocycles. The summed E-state index contributed by atoms with van der Waals surface area (Å²) >= 11 is 1.08. The number of amides is 2. The number of hydrogen-bond donors (Lipinski definition) is 2. The van der Waals surface area contributed by atoms with Crippen LogP contribution >= 0.6 is 11.3 Å². The number of anilines is 1. The SMILES string of the molecule is CN(C)NC(=O)c1ccsc1NC(=O)c1c(F)cccc1F. The molecule has 0 saturated heterocycles. The number of nitrogens with one attached hydrogen (secondary N) is 2. The Balaban J connectivity index is 2.23. The van der Waals surface area contributed by atoms with Gasteiger partial charge < -0.3 is 5.32 Å². The molecule has 22 heavy (non-hydrogen) atoms. The van der Waals surface area contributed by atoms with Gasteiger partial charge in [-0.25, -0.2) is 13.8 Å². The number of carbonyl (C=O) groups is 2. The molecule has 2 rings (SSSR count). The van der Waals surface area contributed by atoms with Crippen LogP contribution in [0.1, 0.15) is 20.7 Å². The zero-order chi connectivity index (χ0) is 16.3. The van der Waals surface area contributed by atoms with E-state index in [0.717, 1.165) is 23.5 Å². The van der Waals surface area contributed by atoms with Crippen LogP contribution < -0.4 is 10.7 Å². The first-order valence-corrected chi connectivity index (χ1v) is 7.09. The van der Waals surface area contributed by atoms with Crippen molar-refractivity contribution in [3.63, 3.8) is 0 Å². The van der Waals surface area contributed by atoms with Crippen molar-refractivity contribution in [2.24, 2.45) is 0 Å². The Morgan fingerprint density at radius 2 is 1.73 bits per heavy atom. The molecule has 0 radical (unpaired) electrons. The lowest BCUT2D eigenvalue weighted by atomic mass is 10.2. The molecule has 1 aromatic carbocycles. The number of carbonyl (C=O) groups excluding carboxylic acids is 2. The summed E-state index contributed by atoms with van der Waals surface area (Å²) in [6.07, 6.45) is 0. The molecule has 0 unspecified atom stereocenters. The maximum absolute atomic E-state index is 13.6. The van der Waals surface area contributed by atoms with E-state index < -0.39 is 29.0 Å². The van der Waals surface area contributed by atoms with Crippen LogP contribution in [0, 0.1) is 11.6 Å². The summed E-state index contributed by atoms with van der Waals surface area (Å²) in [6, 6.07) is 4.66. The van der Waals surface area contributed by atoms with Crippen LogP contribution in [0.3, 0.4) is 0 Å². The Hall–Kier alpha value is -2.32. The molecule has 0 bridgehead atoms. The largest absolute Gasteiger partial charge is 0.313 e. The molecular formula is C14H13F2N3O2S. The minimum Gasteiger partial charge on any atom is -0.313 e. The van der Waals surface area contributed by atoms with Gasteiger partial charge in [0.2, 0.25) is 0 Å². The minimum atomic E-state index is -0.964. The zero-order valence-corrected chi connectivity index (χ0v) is 12.6. The van der Waals surface area contributed by atoms with Crippen LogP contribution in [-0.2, 0) is 0 Å². The molecule has 2 N–H and O–H groups in total. The molecule has 116 valence electrons. The summed E-state index contributed by atoms with van der Waals surface area (Å²) in [7, 11) is 3.27. The summed E-state index contributed by atoms with van der Waals surface area (Å²) in [5, 5.41) is 5.62. The van der Waals surface area contributed by atoms with Crippen molar-refractivity contribution in [1.82, 2.24) is 10.4 Å². The van der Waals surface area contributed by atoms with Crippen molar-refractivity contribution in [3.05, 3.63) is 52.4 Å². The molecule has 0 aliphatic carbocycles. The van der Waals surface area contributed by atoms with E-state index in [-0.39, 0.29) is 10.6 Å². The zero-order valence-electron chi connectivity index (χ0n) is 11.8. The third kappa shape index (κ3) is 3.46. The van der Waals surface area contributed by atoms with E-state index >= 15 is 0 Å². The van der Waals surface area contributed by atoms with Gasteiger partial charge in [0.25, 0.3) is 11.8 Å². The first kappa shape index (κ1) is 16.1. The molecule has 2 amide bonds. The lowest BCUT2D eigenvalue weighted by Gasteiger charge is -2.12. The fourth-order valence-electron chi connectivity index (χ4n) is 1.73. The maximum atomic E-state index is 13.6. The highest BCUT2D eigenvalue weighted by Crippen LogP contribution is 2.24. The first-order valence-electron chi connectivity index (χ1n) is 6.21. The first-order chi connectivity index (χ1) is 10.4. The number of benzene rings is 1. The van der Waals surface area contributed by atoms with Crippen molar-refractivity contribution in [2.75, 3.05) is 19.4 Å². The summed E-state index contributed by atoms with van der Waals surface area (Å²) < 4.78 is 27.2. The van der Waals surface area contributed by atoms with Gasteiger partial charge in [0, 0.05) is 14.1 Å². The van der Waals surface area contributed by atoms with Crippen LogP contribution in [0.4, 0.5) is 13.8 Å². The maximum Gasteiger partial charge on any atom is 0.268 e. The van der Waals surface area contributed by atoms with Crippen molar-refractivity contribution >= 4 is 28.2 Å². The van der Waals surface area contributed by atoms with E-state index in [0.29, 0.717) is 0 Å². The second-order valence-electron chi connectivity index (χ2n) is 4.55. The summed E-state index contributed by atoms with van der Waals surface area (Å²) in [5.74, 6) is -3.31. The number of hydrogen-bond acceptors (Lipinski definition) is 4. The quantitative estimate of drug-likeness (QED) is 0.849. The van der Waals surface area contributed by atoms with E-state index in [9.17, 15) is 18.4 Å². The molecule has 0 aliphatic heterocycles. The normalized spacial score (nSPS) is 10.6. The van der Waals surface area contributed by atoms with Crippen molar-refractivity contribution in [2.45, 2.75) is 0 Å². The second kappa shape index (κ2) is 6.63. The number of nitrogens with zero attached hydrogens (tertiary/aromatic N) is 1. The van der Waals surface area contributed by atoms with Gasteiger partial charge >= 0.3 is 0 Å². The highest BCUT2D eigenvalue weighted by Gasteiger charge is 2.20. The van der Waals surface area contributed by atoms with E-state index in [4.69, 9.17) is 0 Å². The second-order valence-corrected chi connectivity index (χ2v) is 5.47. The van der Waals surface area contributed by atoms with Gasteiger partial charge in [-0.15, -0.1) is 11.3 Å². The van der Waals surface area contributed by atoms with Crippen LogP contribution in [0.25, 0.3) is 0 Å². The van der Waals surface area contributed by atoms with E-state index in [2.05, 4.69) is 10.7 Å². The molecule has 5 nitrogen and oxygen atoms in total. The van der Waals surface area contributed by atoms with Gasteiger partial charge in [0.1, 0.15) is 22.2 Å². The third-order valence-electron chi connectivity index (χ3n) is 2.65. The molecule has 0 fully saturated rings. The summed E-state index contributed by atoms with van der Waals surface area (Å²) in [5.41, 5.74) is 2.05. The fourth-order valence-corrected chi connectivity index (χ4v) is 2.51. The Labute approximate surface area is 129 Å². The van der Waals surface area contributed by atoms with E-state index in [1.54, 1.807) is 19.5 Å². The standard InChI is InChI=1S/C14H13F2N3O2S/c1-19(2)18-12(20)8-6-7-22-14(8)17-13(21)11-9(15)4-3-5-10(11)16/h3-7H,1-2H3,(H,17,21)(H,18,20). The monoisotopic (exact) mass is 325 g/mol. The molecule has 1 heterocycles. The molecule has 0 atom stereocenters. The average molecular weight is 325 g/mol. The number of halogens is 2. The van der Waals surface area contributed by atoms with Gasteiger partial charge in [0.05, 0.1) is 5.56 Å². The Bertz CT molecular complexity index is 696. The molecule has 0 spiro atoms. The van der Waals surface area contributed by atoms with Crippen LogP contribution in [0.2, 0.25) is 0 Å². The fraction of sp³-hybridized carbons (Fsp3) is 0.143. The lowest BCUT2D eigenvalue weighted by Crippen LogP contribution is -2.36. The smallest absolute Gasteiger partial charge is 0.268 e. The topological polar surface area (TPSA) is 61.4 Å². The van der Waals surface area contributed by atoms with Crippen molar-refractivity contribution in [1.29, 1.82) is 0 Å². The Kier molecular flexibility index (Phi) is 4.84. The van der Waals surface area contributed by atoms with E-state index in [1.165, 1.54) is 17.1 Å². The molecule has 2 aromatic rings. The molecule has 0 aliphatic rings. The van der Waals surface area contributed by atoms with Gasteiger partial charge in [-0.1, -0.05) is 6.07 Å². The van der Waals surface area contributed by atoms with Crippen LogP contribution in [-0.4, -0.2) is 30.9 Å². The van der Waals surface area contributed by atoms with Crippen LogP contribution in [0.15, 0.2) is 29.6 Å². The van der Waals surface area contributed by atoms with Crippen LogP contribution in [0.5, 0.6) is 0 Å².